The van der Waals surface area contributed by atoms with Crippen molar-refractivity contribution >= 4 is 5.69 Å². The van der Waals surface area contributed by atoms with Crippen molar-refractivity contribution in [2.45, 2.75) is 13.5 Å². The van der Waals surface area contributed by atoms with Gasteiger partial charge in [-0.3, -0.25) is 9.88 Å². The Morgan fingerprint density at radius 1 is 1.21 bits per heavy atom. The molecule has 0 bridgehead atoms. The fraction of sp³-hybridized carbons (Fsp3) is 0.421. The van der Waals surface area contributed by atoms with E-state index in [1.54, 1.807) is 0 Å². The molecule has 1 aromatic heterocycles. The lowest BCUT2D eigenvalue weighted by atomic mass is 10.2. The number of anilines is 1. The lowest BCUT2D eigenvalue weighted by Crippen LogP contribution is -2.38. The lowest BCUT2D eigenvalue weighted by Gasteiger charge is -2.26. The Hall–Kier alpha value is -2.11. The average Bonchev–Trinajstić information content (AvgIpc) is 2.61. The van der Waals surface area contributed by atoms with Crippen LogP contribution < -0.4 is 10.1 Å². The lowest BCUT2D eigenvalue weighted by molar-refractivity contribution is 0.0322. The molecule has 128 valence electrons. The van der Waals surface area contributed by atoms with E-state index in [1.807, 2.05) is 37.4 Å². The van der Waals surface area contributed by atoms with Gasteiger partial charge in [0.15, 0.2) is 0 Å². The summed E-state index contributed by atoms with van der Waals surface area (Å²) >= 11 is 0. The summed E-state index contributed by atoms with van der Waals surface area (Å²) in [7, 11) is 0. The largest absolute Gasteiger partial charge is 0.492 e. The number of rotatable bonds is 7. The van der Waals surface area contributed by atoms with Crippen LogP contribution in [-0.2, 0) is 11.3 Å². The van der Waals surface area contributed by atoms with Gasteiger partial charge >= 0.3 is 0 Å². The van der Waals surface area contributed by atoms with E-state index in [9.17, 15) is 0 Å². The number of nitrogens with one attached hydrogen (secondary N) is 1. The van der Waals surface area contributed by atoms with Crippen LogP contribution in [0.5, 0.6) is 5.75 Å². The molecule has 0 radical (unpaired) electrons. The Labute approximate surface area is 143 Å². The second-order valence-corrected chi connectivity index (χ2v) is 5.99. The molecule has 0 saturated carbocycles. The summed E-state index contributed by atoms with van der Waals surface area (Å²) in [6.45, 7) is 8.07. The van der Waals surface area contributed by atoms with Crippen molar-refractivity contribution in [3.63, 3.8) is 0 Å². The third kappa shape index (κ3) is 5.22. The van der Waals surface area contributed by atoms with E-state index < -0.39 is 0 Å². The minimum absolute atomic E-state index is 0.709. The third-order valence-corrected chi connectivity index (χ3v) is 4.07. The number of pyridine rings is 1. The minimum Gasteiger partial charge on any atom is -0.492 e. The van der Waals surface area contributed by atoms with E-state index in [0.29, 0.717) is 6.61 Å². The molecule has 0 unspecified atom stereocenters. The number of aryl methyl sites for hydroxylation is 1. The van der Waals surface area contributed by atoms with Crippen LogP contribution in [0.1, 0.15) is 11.3 Å². The fourth-order valence-electron chi connectivity index (χ4n) is 2.72. The Morgan fingerprint density at radius 3 is 2.92 bits per heavy atom. The maximum Gasteiger partial charge on any atom is 0.119 e. The number of benzene rings is 1. The molecule has 0 atom stereocenters. The van der Waals surface area contributed by atoms with Crippen molar-refractivity contribution in [1.82, 2.24) is 9.88 Å². The summed E-state index contributed by atoms with van der Waals surface area (Å²) in [5, 5.41) is 3.42. The molecule has 1 saturated heterocycles. The summed E-state index contributed by atoms with van der Waals surface area (Å²) in [4.78, 5) is 6.59. The maximum absolute atomic E-state index is 5.90. The highest BCUT2D eigenvalue weighted by molar-refractivity contribution is 5.44. The molecule has 0 spiro atoms. The summed E-state index contributed by atoms with van der Waals surface area (Å²) < 4.78 is 11.3. The molecule has 24 heavy (non-hydrogen) atoms. The zero-order chi connectivity index (χ0) is 16.6. The van der Waals surface area contributed by atoms with Gasteiger partial charge in [0.1, 0.15) is 12.4 Å². The summed E-state index contributed by atoms with van der Waals surface area (Å²) in [6.07, 6.45) is 1.82. The van der Waals surface area contributed by atoms with E-state index in [-0.39, 0.29) is 0 Å². The van der Waals surface area contributed by atoms with Crippen LogP contribution in [0.15, 0.2) is 42.6 Å². The van der Waals surface area contributed by atoms with E-state index in [0.717, 1.165) is 56.5 Å². The average molecular weight is 327 g/mol. The first-order valence-corrected chi connectivity index (χ1v) is 8.48. The second-order valence-electron chi connectivity index (χ2n) is 5.99. The van der Waals surface area contributed by atoms with Crippen LogP contribution in [0.2, 0.25) is 0 Å². The van der Waals surface area contributed by atoms with Gasteiger partial charge in [0.05, 0.1) is 13.2 Å². The Bertz CT molecular complexity index is 642. The van der Waals surface area contributed by atoms with Gasteiger partial charge in [0, 0.05) is 43.8 Å². The SMILES string of the molecule is Cc1cc(NCc2cccc(OCCN3CCOCC3)c2)ccn1. The molecule has 3 rings (SSSR count). The first-order valence-electron chi connectivity index (χ1n) is 8.48. The van der Waals surface area contributed by atoms with Crippen LogP contribution in [0.3, 0.4) is 0 Å². The molecule has 0 aliphatic carbocycles. The fourth-order valence-corrected chi connectivity index (χ4v) is 2.72. The molecule has 1 aliphatic rings. The number of nitrogens with zero attached hydrogens (tertiary/aromatic N) is 2. The first-order chi connectivity index (χ1) is 11.8. The van der Waals surface area contributed by atoms with E-state index >= 15 is 0 Å². The molecule has 5 heteroatoms. The van der Waals surface area contributed by atoms with Gasteiger partial charge in [-0.25, -0.2) is 0 Å². The highest BCUT2D eigenvalue weighted by atomic mass is 16.5. The van der Waals surface area contributed by atoms with Crippen molar-refractivity contribution in [3.8, 4) is 5.75 Å². The number of hydrogen-bond donors (Lipinski definition) is 1. The Kier molecular flexibility index (Phi) is 6.04. The molecular weight excluding hydrogens is 302 g/mol. The number of ether oxygens (including phenoxy) is 2. The molecule has 2 heterocycles. The van der Waals surface area contributed by atoms with Gasteiger partial charge in [-0.2, -0.15) is 0 Å². The standard InChI is InChI=1S/C19H25N3O2/c1-16-13-18(5-6-20-16)21-15-17-3-2-4-19(14-17)24-12-9-22-7-10-23-11-8-22/h2-6,13-14H,7-12,15H2,1H3,(H,20,21). The summed E-state index contributed by atoms with van der Waals surface area (Å²) in [5.74, 6) is 0.925. The highest BCUT2D eigenvalue weighted by Gasteiger charge is 2.09. The number of hydrogen-bond acceptors (Lipinski definition) is 5. The zero-order valence-electron chi connectivity index (χ0n) is 14.2. The molecular formula is C19H25N3O2. The predicted octanol–water partition coefficient (Wildman–Crippen LogP) is 2.71. The van der Waals surface area contributed by atoms with E-state index in [2.05, 4.69) is 27.3 Å². The van der Waals surface area contributed by atoms with Crippen LogP contribution >= 0.6 is 0 Å². The Morgan fingerprint density at radius 2 is 2.08 bits per heavy atom. The monoisotopic (exact) mass is 327 g/mol. The van der Waals surface area contributed by atoms with Crippen molar-refractivity contribution in [2.75, 3.05) is 44.8 Å². The van der Waals surface area contributed by atoms with Gasteiger partial charge in [-0.15, -0.1) is 0 Å². The molecule has 0 amide bonds. The van der Waals surface area contributed by atoms with Crippen molar-refractivity contribution in [1.29, 1.82) is 0 Å². The normalized spacial score (nSPS) is 15.2. The quantitative estimate of drug-likeness (QED) is 0.847. The molecule has 1 aliphatic heterocycles. The van der Waals surface area contributed by atoms with Crippen molar-refractivity contribution in [2.24, 2.45) is 0 Å². The molecule has 1 N–H and O–H groups in total. The molecule has 1 fully saturated rings. The topological polar surface area (TPSA) is 46.6 Å². The molecule has 2 aromatic rings. The number of morpholine rings is 1. The molecule has 1 aromatic carbocycles. The van der Waals surface area contributed by atoms with Crippen LogP contribution in [0.4, 0.5) is 5.69 Å². The van der Waals surface area contributed by atoms with Gasteiger partial charge in [0.25, 0.3) is 0 Å². The van der Waals surface area contributed by atoms with Crippen molar-refractivity contribution < 1.29 is 9.47 Å². The van der Waals surface area contributed by atoms with Crippen LogP contribution in [-0.4, -0.2) is 49.3 Å². The maximum atomic E-state index is 5.90. The predicted molar refractivity (Wildman–Crippen MR) is 95.5 cm³/mol. The van der Waals surface area contributed by atoms with Crippen LogP contribution in [0, 0.1) is 6.92 Å². The highest BCUT2D eigenvalue weighted by Crippen LogP contribution is 2.15. The van der Waals surface area contributed by atoms with Gasteiger partial charge in [-0.1, -0.05) is 12.1 Å². The molecule has 5 nitrogen and oxygen atoms in total. The number of aromatic nitrogens is 1. The van der Waals surface area contributed by atoms with Crippen LogP contribution in [0.25, 0.3) is 0 Å². The summed E-state index contributed by atoms with van der Waals surface area (Å²) in [5.41, 5.74) is 3.30. The van der Waals surface area contributed by atoms with E-state index in [4.69, 9.17) is 9.47 Å². The zero-order valence-corrected chi connectivity index (χ0v) is 14.2. The van der Waals surface area contributed by atoms with Crippen molar-refractivity contribution in [3.05, 3.63) is 53.9 Å². The van der Waals surface area contributed by atoms with E-state index in [1.165, 1.54) is 5.56 Å². The van der Waals surface area contributed by atoms with Gasteiger partial charge in [0.2, 0.25) is 0 Å². The summed E-state index contributed by atoms with van der Waals surface area (Å²) in [6, 6.07) is 12.3. The third-order valence-electron chi connectivity index (χ3n) is 4.07. The first kappa shape index (κ1) is 16.7. The van der Waals surface area contributed by atoms with Gasteiger partial charge < -0.3 is 14.8 Å². The minimum atomic E-state index is 0.709. The van der Waals surface area contributed by atoms with Gasteiger partial charge in [-0.05, 0) is 36.8 Å². The second kappa shape index (κ2) is 8.66. The Balaban J connectivity index is 1.46. The smallest absolute Gasteiger partial charge is 0.119 e.